The van der Waals surface area contributed by atoms with E-state index in [2.05, 4.69) is 65.3 Å². The van der Waals surface area contributed by atoms with Crippen LogP contribution in [0.15, 0.2) is 54.6 Å². The highest BCUT2D eigenvalue weighted by molar-refractivity contribution is 5.93. The first-order chi connectivity index (χ1) is 13.1. The van der Waals surface area contributed by atoms with Crippen molar-refractivity contribution in [1.29, 1.82) is 0 Å². The summed E-state index contributed by atoms with van der Waals surface area (Å²) in [7, 11) is 4.19. The Bertz CT molecular complexity index is 901. The molecule has 27 heavy (non-hydrogen) atoms. The predicted molar refractivity (Wildman–Crippen MR) is 111 cm³/mol. The Morgan fingerprint density at radius 2 is 1.89 bits per heavy atom. The van der Waals surface area contributed by atoms with Gasteiger partial charge in [-0.15, -0.1) is 0 Å². The number of carbonyl (C=O) groups is 1. The van der Waals surface area contributed by atoms with Crippen LogP contribution in [0.4, 0.5) is 10.5 Å². The van der Waals surface area contributed by atoms with Crippen molar-refractivity contribution in [2.75, 3.05) is 32.6 Å². The Morgan fingerprint density at radius 3 is 2.59 bits per heavy atom. The van der Waals surface area contributed by atoms with Crippen LogP contribution < -0.4 is 5.32 Å². The third-order valence-corrected chi connectivity index (χ3v) is 4.48. The maximum absolute atomic E-state index is 11.7. The molecule has 3 rings (SSSR count). The van der Waals surface area contributed by atoms with Crippen LogP contribution in [0.1, 0.15) is 13.3 Å². The largest absolute Gasteiger partial charge is 0.450 e. The van der Waals surface area contributed by atoms with Gasteiger partial charge in [0, 0.05) is 28.8 Å². The van der Waals surface area contributed by atoms with Crippen LogP contribution in [0.3, 0.4) is 0 Å². The second kappa shape index (κ2) is 8.73. The molecule has 0 saturated heterocycles. The van der Waals surface area contributed by atoms with Crippen LogP contribution in [0.25, 0.3) is 22.2 Å². The van der Waals surface area contributed by atoms with Crippen molar-refractivity contribution in [3.8, 4) is 11.3 Å². The smallest absolute Gasteiger partial charge is 0.411 e. The van der Waals surface area contributed by atoms with Gasteiger partial charge in [0.1, 0.15) is 0 Å². The van der Waals surface area contributed by atoms with Gasteiger partial charge in [0.15, 0.2) is 0 Å². The number of benzene rings is 2. The molecule has 0 atom stereocenters. The number of hydrogen-bond acceptors (Lipinski definition) is 3. The summed E-state index contributed by atoms with van der Waals surface area (Å²) in [6, 6.07) is 18.6. The van der Waals surface area contributed by atoms with Crippen molar-refractivity contribution in [3.63, 3.8) is 0 Å². The first-order valence-electron chi connectivity index (χ1n) is 9.35. The molecule has 5 heteroatoms. The molecule has 0 aliphatic rings. The number of nitrogens with one attached hydrogen (secondary N) is 1. The lowest BCUT2D eigenvalue weighted by molar-refractivity contribution is 0.168. The molecule has 2 aromatic carbocycles. The number of amides is 1. The van der Waals surface area contributed by atoms with Crippen LogP contribution in [-0.2, 0) is 11.3 Å². The zero-order chi connectivity index (χ0) is 19.2. The van der Waals surface area contributed by atoms with E-state index in [0.29, 0.717) is 6.61 Å². The molecule has 0 fully saturated rings. The van der Waals surface area contributed by atoms with Gasteiger partial charge < -0.3 is 14.2 Å². The quantitative estimate of drug-likeness (QED) is 0.652. The molecular formula is C22H27N3O2. The number of carbonyl (C=O) groups excluding carboxylic acids is 1. The summed E-state index contributed by atoms with van der Waals surface area (Å²) >= 11 is 0. The maximum Gasteiger partial charge on any atom is 0.411 e. The zero-order valence-corrected chi connectivity index (χ0v) is 16.2. The third kappa shape index (κ3) is 4.68. The van der Waals surface area contributed by atoms with Gasteiger partial charge >= 0.3 is 6.09 Å². The lowest BCUT2D eigenvalue weighted by atomic mass is 10.1. The average Bonchev–Trinajstić information content (AvgIpc) is 3.00. The molecule has 0 saturated carbocycles. The molecule has 0 spiro atoms. The van der Waals surface area contributed by atoms with E-state index in [4.69, 9.17) is 4.74 Å². The Balaban J connectivity index is 1.96. The summed E-state index contributed by atoms with van der Waals surface area (Å²) in [4.78, 5) is 13.9. The van der Waals surface area contributed by atoms with Crippen LogP contribution in [0.2, 0.25) is 0 Å². The van der Waals surface area contributed by atoms with Crippen molar-refractivity contribution in [2.45, 2.75) is 19.9 Å². The van der Waals surface area contributed by atoms with E-state index in [9.17, 15) is 4.79 Å². The minimum absolute atomic E-state index is 0.356. The molecule has 5 nitrogen and oxygen atoms in total. The van der Waals surface area contributed by atoms with E-state index < -0.39 is 6.09 Å². The van der Waals surface area contributed by atoms with Gasteiger partial charge in [0.2, 0.25) is 0 Å². The van der Waals surface area contributed by atoms with E-state index in [1.165, 1.54) is 16.8 Å². The maximum atomic E-state index is 11.7. The van der Waals surface area contributed by atoms with Crippen molar-refractivity contribution in [1.82, 2.24) is 9.47 Å². The van der Waals surface area contributed by atoms with Gasteiger partial charge in [-0.05, 0) is 63.8 Å². The van der Waals surface area contributed by atoms with Crippen molar-refractivity contribution in [2.24, 2.45) is 0 Å². The summed E-state index contributed by atoms with van der Waals surface area (Å²) < 4.78 is 7.34. The highest BCUT2D eigenvalue weighted by atomic mass is 16.5. The van der Waals surface area contributed by atoms with Gasteiger partial charge in [-0.3, -0.25) is 5.32 Å². The summed E-state index contributed by atoms with van der Waals surface area (Å²) in [6.45, 7) is 4.13. The molecule has 0 unspecified atom stereocenters. The number of anilines is 1. The van der Waals surface area contributed by atoms with E-state index >= 15 is 0 Å². The van der Waals surface area contributed by atoms with Crippen molar-refractivity contribution in [3.05, 3.63) is 54.6 Å². The lowest BCUT2D eigenvalue weighted by Crippen LogP contribution is -2.15. The van der Waals surface area contributed by atoms with Gasteiger partial charge in [0.05, 0.1) is 6.61 Å². The summed E-state index contributed by atoms with van der Waals surface area (Å²) in [6.07, 6.45) is 0.643. The number of aryl methyl sites for hydroxylation is 1. The van der Waals surface area contributed by atoms with Crippen LogP contribution in [0.5, 0.6) is 0 Å². The Hall–Kier alpha value is -2.79. The monoisotopic (exact) mass is 365 g/mol. The minimum Gasteiger partial charge on any atom is -0.450 e. The van der Waals surface area contributed by atoms with Gasteiger partial charge in [-0.2, -0.15) is 0 Å². The molecule has 0 aliphatic carbocycles. The molecule has 3 aromatic rings. The number of aromatic nitrogens is 1. The van der Waals surface area contributed by atoms with Crippen molar-refractivity contribution >= 4 is 22.7 Å². The second-order valence-corrected chi connectivity index (χ2v) is 6.82. The third-order valence-electron chi connectivity index (χ3n) is 4.48. The highest BCUT2D eigenvalue weighted by Crippen LogP contribution is 2.30. The molecule has 142 valence electrons. The first-order valence-corrected chi connectivity index (χ1v) is 9.35. The summed E-state index contributed by atoms with van der Waals surface area (Å²) in [5.41, 5.74) is 4.30. The number of nitrogens with zero attached hydrogens (tertiary/aromatic N) is 2. The predicted octanol–water partition coefficient (Wildman–Crippen LogP) is 4.83. The lowest BCUT2D eigenvalue weighted by Gasteiger charge is -2.14. The Labute approximate surface area is 160 Å². The van der Waals surface area contributed by atoms with Gasteiger partial charge in [-0.25, -0.2) is 4.79 Å². The number of hydrogen-bond donors (Lipinski definition) is 1. The van der Waals surface area contributed by atoms with E-state index in [-0.39, 0.29) is 0 Å². The molecule has 1 N–H and O–H groups in total. The van der Waals surface area contributed by atoms with Crippen LogP contribution >= 0.6 is 0 Å². The molecule has 0 radical (unpaired) electrons. The number of fused-ring (bicyclic) bond motifs is 1. The summed E-state index contributed by atoms with van der Waals surface area (Å²) in [5, 5.41) is 3.89. The fourth-order valence-electron chi connectivity index (χ4n) is 3.27. The number of rotatable bonds is 7. The topological polar surface area (TPSA) is 46.5 Å². The van der Waals surface area contributed by atoms with Gasteiger partial charge in [-0.1, -0.05) is 30.3 Å². The SMILES string of the molecule is CCOC(=O)Nc1ccc2c(c1)cc(-c1ccccc1)n2CCCN(C)C. The van der Waals surface area contributed by atoms with Crippen molar-refractivity contribution < 1.29 is 9.53 Å². The number of ether oxygens (including phenoxy) is 1. The van der Waals surface area contributed by atoms with Crippen LogP contribution in [-0.4, -0.2) is 42.8 Å². The highest BCUT2D eigenvalue weighted by Gasteiger charge is 2.12. The fourth-order valence-corrected chi connectivity index (χ4v) is 3.27. The summed E-state index contributed by atoms with van der Waals surface area (Å²) in [5.74, 6) is 0. The molecule has 0 bridgehead atoms. The van der Waals surface area contributed by atoms with Gasteiger partial charge in [0.25, 0.3) is 0 Å². The molecule has 1 aromatic heterocycles. The molecule has 1 heterocycles. The minimum atomic E-state index is -0.425. The Kier molecular flexibility index (Phi) is 6.14. The van der Waals surface area contributed by atoms with E-state index in [1.807, 2.05) is 18.2 Å². The van der Waals surface area contributed by atoms with E-state index in [0.717, 1.165) is 30.6 Å². The first kappa shape index (κ1) is 19.0. The molecular weight excluding hydrogens is 338 g/mol. The van der Waals surface area contributed by atoms with E-state index in [1.54, 1.807) is 6.92 Å². The molecule has 1 amide bonds. The zero-order valence-electron chi connectivity index (χ0n) is 16.2. The average molecular weight is 365 g/mol. The normalized spacial score (nSPS) is 11.1. The standard InChI is InChI=1S/C22H27N3O2/c1-4-27-22(26)23-19-11-12-20-18(15-19)16-21(17-9-6-5-7-10-17)25(20)14-8-13-24(2)3/h5-7,9-12,15-16H,4,8,13-14H2,1-3H3,(H,23,26). The fraction of sp³-hybridized carbons (Fsp3) is 0.318. The second-order valence-electron chi connectivity index (χ2n) is 6.82. The molecule has 0 aliphatic heterocycles. The van der Waals surface area contributed by atoms with Crippen LogP contribution in [0, 0.1) is 0 Å². The Morgan fingerprint density at radius 1 is 1.11 bits per heavy atom.